The summed E-state index contributed by atoms with van der Waals surface area (Å²) in [6.07, 6.45) is 3.81. The first-order chi connectivity index (χ1) is 13.0. The maximum atomic E-state index is 12.9. The zero-order chi connectivity index (χ0) is 19.1. The van der Waals surface area contributed by atoms with E-state index >= 15 is 0 Å². The average Bonchev–Trinajstić information content (AvgIpc) is 3.12. The van der Waals surface area contributed by atoms with Gasteiger partial charge in [-0.3, -0.25) is 9.69 Å². The third kappa shape index (κ3) is 3.05. The van der Waals surface area contributed by atoms with E-state index in [9.17, 15) is 14.7 Å². The van der Waals surface area contributed by atoms with Crippen molar-refractivity contribution >= 4 is 62.8 Å². The number of aromatic nitrogens is 1. The number of aryl methyl sites for hydroxylation is 1. The number of carboxylic acids is 1. The van der Waals surface area contributed by atoms with Crippen molar-refractivity contribution in [3.8, 4) is 0 Å². The monoisotopic (exact) mass is 394 g/mol. The van der Waals surface area contributed by atoms with Gasteiger partial charge in [-0.15, -0.1) is 0 Å². The van der Waals surface area contributed by atoms with Gasteiger partial charge in [0.1, 0.15) is 0 Å². The number of anilines is 1. The lowest BCUT2D eigenvalue weighted by molar-refractivity contribution is -0.113. The van der Waals surface area contributed by atoms with Crippen LogP contribution in [0.1, 0.15) is 15.9 Å². The van der Waals surface area contributed by atoms with Crippen molar-refractivity contribution in [2.75, 3.05) is 4.90 Å². The third-order valence-corrected chi connectivity index (χ3v) is 5.66. The van der Waals surface area contributed by atoms with Crippen LogP contribution in [0, 0.1) is 0 Å². The maximum Gasteiger partial charge on any atom is 0.335 e. The van der Waals surface area contributed by atoms with Crippen molar-refractivity contribution in [2.45, 2.75) is 0 Å². The van der Waals surface area contributed by atoms with Crippen molar-refractivity contribution in [3.05, 3.63) is 70.8 Å². The standard InChI is InChI=1S/C20H14N2O3S2/c1-21-11-13(15-7-2-3-8-16(15)21)10-17-18(23)22(20(26)27-17)14-6-4-5-12(9-14)19(24)25/h2-11H,1H3,(H,24,25)/b17-10+. The molecule has 0 atom stereocenters. The molecule has 1 fully saturated rings. The summed E-state index contributed by atoms with van der Waals surface area (Å²) in [6.45, 7) is 0. The van der Waals surface area contributed by atoms with Crippen LogP contribution in [-0.4, -0.2) is 25.9 Å². The van der Waals surface area contributed by atoms with Gasteiger partial charge in [-0.2, -0.15) is 0 Å². The molecule has 0 bridgehead atoms. The molecule has 27 heavy (non-hydrogen) atoms. The van der Waals surface area contributed by atoms with E-state index in [1.807, 2.05) is 48.2 Å². The second-order valence-electron chi connectivity index (χ2n) is 6.09. The predicted octanol–water partition coefficient (Wildman–Crippen LogP) is 4.28. The number of hydrogen-bond acceptors (Lipinski definition) is 4. The minimum atomic E-state index is -1.05. The second kappa shape index (κ2) is 6.68. The third-order valence-electron chi connectivity index (χ3n) is 4.36. The highest BCUT2D eigenvalue weighted by molar-refractivity contribution is 8.27. The fraction of sp³-hybridized carbons (Fsp3) is 0.0500. The molecule has 134 valence electrons. The van der Waals surface area contributed by atoms with Crippen LogP contribution in [0.15, 0.2) is 59.6 Å². The Bertz CT molecular complexity index is 1150. The summed E-state index contributed by atoms with van der Waals surface area (Å²) in [6, 6.07) is 14.2. The van der Waals surface area contributed by atoms with Gasteiger partial charge in [-0.25, -0.2) is 4.79 Å². The topological polar surface area (TPSA) is 62.5 Å². The number of aromatic carboxylic acids is 1. The average molecular weight is 394 g/mol. The zero-order valence-electron chi connectivity index (χ0n) is 14.2. The fourth-order valence-electron chi connectivity index (χ4n) is 3.10. The molecule has 3 aromatic rings. The van der Waals surface area contributed by atoms with Crippen LogP contribution >= 0.6 is 24.0 Å². The molecular formula is C20H14N2O3S2. The maximum absolute atomic E-state index is 12.9. The highest BCUT2D eigenvalue weighted by Crippen LogP contribution is 2.37. The zero-order valence-corrected chi connectivity index (χ0v) is 15.9. The Kier molecular flexibility index (Phi) is 4.33. The van der Waals surface area contributed by atoms with Crippen molar-refractivity contribution in [3.63, 3.8) is 0 Å². The summed E-state index contributed by atoms with van der Waals surface area (Å²) in [5.74, 6) is -1.30. The van der Waals surface area contributed by atoms with Gasteiger partial charge in [0, 0.05) is 29.7 Å². The van der Waals surface area contributed by atoms with E-state index in [0.717, 1.165) is 16.5 Å². The number of carbonyl (C=O) groups is 2. The van der Waals surface area contributed by atoms with Crippen LogP contribution in [0.25, 0.3) is 17.0 Å². The van der Waals surface area contributed by atoms with E-state index in [0.29, 0.717) is 14.9 Å². The molecule has 2 aromatic carbocycles. The Morgan fingerprint density at radius 1 is 1.19 bits per heavy atom. The summed E-state index contributed by atoms with van der Waals surface area (Å²) in [5.41, 5.74) is 2.58. The molecule has 1 aliphatic rings. The van der Waals surface area contributed by atoms with E-state index in [1.54, 1.807) is 12.1 Å². The van der Waals surface area contributed by atoms with Crippen LogP contribution < -0.4 is 4.90 Å². The normalized spacial score (nSPS) is 15.9. The summed E-state index contributed by atoms with van der Waals surface area (Å²) >= 11 is 6.59. The first kappa shape index (κ1) is 17.5. The van der Waals surface area contributed by atoms with Gasteiger partial charge in [-0.1, -0.05) is 48.2 Å². The summed E-state index contributed by atoms with van der Waals surface area (Å²) < 4.78 is 2.40. The minimum Gasteiger partial charge on any atom is -0.478 e. The lowest BCUT2D eigenvalue weighted by Crippen LogP contribution is -2.27. The highest BCUT2D eigenvalue weighted by atomic mass is 32.2. The van der Waals surface area contributed by atoms with Crippen molar-refractivity contribution in [1.29, 1.82) is 0 Å². The summed E-state index contributed by atoms with van der Waals surface area (Å²) in [4.78, 5) is 26.0. The summed E-state index contributed by atoms with van der Waals surface area (Å²) in [5, 5.41) is 10.2. The van der Waals surface area contributed by atoms with Crippen LogP contribution in [0.3, 0.4) is 0 Å². The minimum absolute atomic E-state index is 0.111. The van der Waals surface area contributed by atoms with E-state index < -0.39 is 5.97 Å². The van der Waals surface area contributed by atoms with Crippen molar-refractivity contribution < 1.29 is 14.7 Å². The number of amides is 1. The quantitative estimate of drug-likeness (QED) is 0.531. The first-order valence-electron chi connectivity index (χ1n) is 8.11. The molecule has 2 heterocycles. The Balaban J connectivity index is 1.73. The Morgan fingerprint density at radius 3 is 2.74 bits per heavy atom. The van der Waals surface area contributed by atoms with E-state index in [1.165, 1.54) is 28.8 Å². The van der Waals surface area contributed by atoms with Gasteiger partial charge in [-0.05, 0) is 30.3 Å². The second-order valence-corrected chi connectivity index (χ2v) is 7.76. The largest absolute Gasteiger partial charge is 0.478 e. The molecule has 0 spiro atoms. The van der Waals surface area contributed by atoms with E-state index in [-0.39, 0.29) is 11.5 Å². The molecule has 7 heteroatoms. The lowest BCUT2D eigenvalue weighted by Gasteiger charge is -2.14. The van der Waals surface area contributed by atoms with E-state index in [4.69, 9.17) is 12.2 Å². The molecule has 4 rings (SSSR count). The van der Waals surface area contributed by atoms with Gasteiger partial charge >= 0.3 is 5.97 Å². The SMILES string of the molecule is Cn1cc(/C=C2/SC(=S)N(c3cccc(C(=O)O)c3)C2=O)c2ccccc21. The van der Waals surface area contributed by atoms with Gasteiger partial charge in [0.05, 0.1) is 16.2 Å². The molecule has 5 nitrogen and oxygen atoms in total. The number of carbonyl (C=O) groups excluding carboxylic acids is 1. The molecular weight excluding hydrogens is 380 g/mol. The van der Waals surface area contributed by atoms with Crippen LogP contribution in [0.2, 0.25) is 0 Å². The number of nitrogens with zero attached hydrogens (tertiary/aromatic N) is 2. The van der Waals surface area contributed by atoms with Crippen molar-refractivity contribution in [2.24, 2.45) is 7.05 Å². The predicted molar refractivity (Wildman–Crippen MR) is 112 cm³/mol. The highest BCUT2D eigenvalue weighted by Gasteiger charge is 2.33. The van der Waals surface area contributed by atoms with E-state index in [2.05, 4.69) is 0 Å². The Morgan fingerprint density at radius 2 is 1.96 bits per heavy atom. The summed E-state index contributed by atoms with van der Waals surface area (Å²) in [7, 11) is 1.96. The van der Waals surface area contributed by atoms with Gasteiger partial charge in [0.25, 0.3) is 5.91 Å². The van der Waals surface area contributed by atoms with Crippen LogP contribution in [0.5, 0.6) is 0 Å². The fourth-order valence-corrected chi connectivity index (χ4v) is 4.39. The number of rotatable bonds is 3. The number of fused-ring (bicyclic) bond motifs is 1. The molecule has 0 aliphatic carbocycles. The van der Waals surface area contributed by atoms with Crippen LogP contribution in [0.4, 0.5) is 5.69 Å². The molecule has 0 unspecified atom stereocenters. The molecule has 0 saturated carbocycles. The first-order valence-corrected chi connectivity index (χ1v) is 9.33. The van der Waals surface area contributed by atoms with Gasteiger partial charge in [0.15, 0.2) is 4.32 Å². The van der Waals surface area contributed by atoms with Gasteiger partial charge < -0.3 is 9.67 Å². The molecule has 1 amide bonds. The Labute approximate surface area is 164 Å². The smallest absolute Gasteiger partial charge is 0.335 e. The van der Waals surface area contributed by atoms with Gasteiger partial charge in [0.2, 0.25) is 0 Å². The number of para-hydroxylation sites is 1. The Hall–Kier alpha value is -2.90. The number of hydrogen-bond donors (Lipinski definition) is 1. The van der Waals surface area contributed by atoms with Crippen molar-refractivity contribution in [1.82, 2.24) is 4.57 Å². The molecule has 0 radical (unpaired) electrons. The lowest BCUT2D eigenvalue weighted by atomic mass is 10.1. The number of benzene rings is 2. The molecule has 1 aliphatic heterocycles. The molecule has 1 N–H and O–H groups in total. The number of carboxylic acid groups (broad SMARTS) is 1. The number of thioether (sulfide) groups is 1. The molecule has 1 saturated heterocycles. The molecule has 1 aromatic heterocycles. The van der Waals surface area contributed by atoms with Crippen LogP contribution in [-0.2, 0) is 11.8 Å². The number of thiocarbonyl (C=S) groups is 1.